The van der Waals surface area contributed by atoms with E-state index < -0.39 is 35.8 Å². The van der Waals surface area contributed by atoms with Gasteiger partial charge in [0.1, 0.15) is 22.1 Å². The maximum Gasteiger partial charge on any atom is 0.295 e. The molecule has 1 aliphatic carbocycles. The van der Waals surface area contributed by atoms with E-state index in [1.165, 1.54) is 12.1 Å². The highest BCUT2D eigenvalue weighted by atomic mass is 32.2. The molecule has 1 aliphatic rings. The Morgan fingerprint density at radius 1 is 0.562 bits per heavy atom. The minimum Gasteiger partial charge on any atom is -0.508 e. The molecular weight excluding hydrogens is 657 g/mol. The molecule has 4 N–H and O–H groups in total. The van der Waals surface area contributed by atoms with E-state index in [4.69, 9.17) is 0 Å². The Bertz CT molecular complexity index is 2270. The molecule has 0 saturated heterocycles. The first-order valence-electron chi connectivity index (χ1n) is 14.9. The molecule has 0 unspecified atom stereocenters. The van der Waals surface area contributed by atoms with Crippen molar-refractivity contribution in [3.63, 3.8) is 0 Å². The second-order valence-electron chi connectivity index (χ2n) is 11.6. The van der Waals surface area contributed by atoms with Crippen molar-refractivity contribution >= 4 is 53.8 Å². The van der Waals surface area contributed by atoms with Gasteiger partial charge < -0.3 is 10.2 Å². The van der Waals surface area contributed by atoms with Crippen molar-refractivity contribution in [1.82, 2.24) is 0 Å². The summed E-state index contributed by atoms with van der Waals surface area (Å²) in [5, 5.41) is 36.6. The summed E-state index contributed by atoms with van der Waals surface area (Å²) in [6.07, 6.45) is 5.13. The molecule has 5 aromatic rings. The van der Waals surface area contributed by atoms with Crippen molar-refractivity contribution in [2.75, 3.05) is 0 Å². The highest BCUT2D eigenvalue weighted by Gasteiger charge is 2.35. The molecule has 0 spiro atoms. The lowest BCUT2D eigenvalue weighted by Crippen LogP contribution is -2.30. The van der Waals surface area contributed by atoms with Gasteiger partial charge in [-0.2, -0.15) is 32.2 Å². The first-order valence-corrected chi connectivity index (χ1v) is 17.8. The zero-order valence-corrected chi connectivity index (χ0v) is 26.9. The molecule has 0 aliphatic heterocycles. The third-order valence-electron chi connectivity index (χ3n) is 8.53. The Hall–Kier alpha value is -5.02. The van der Waals surface area contributed by atoms with Crippen LogP contribution in [0.25, 0.3) is 10.8 Å². The van der Waals surface area contributed by atoms with Gasteiger partial charge in [-0.3, -0.25) is 9.11 Å². The number of hydrogen-bond acceptors (Lipinski definition) is 10. The van der Waals surface area contributed by atoms with Gasteiger partial charge >= 0.3 is 0 Å². The predicted molar refractivity (Wildman–Crippen MR) is 178 cm³/mol. The molecule has 246 valence electrons. The van der Waals surface area contributed by atoms with Crippen LogP contribution in [-0.4, -0.2) is 36.2 Å². The topological polar surface area (TPSA) is 199 Å². The molecule has 6 rings (SSSR count). The summed E-state index contributed by atoms with van der Waals surface area (Å²) >= 11 is 0. The average molecular weight is 687 g/mol. The number of fused-ring (bicyclic) bond motifs is 1. The van der Waals surface area contributed by atoms with Crippen molar-refractivity contribution in [2.24, 2.45) is 20.5 Å². The summed E-state index contributed by atoms with van der Waals surface area (Å²) < 4.78 is 67.3. The van der Waals surface area contributed by atoms with Crippen molar-refractivity contribution in [2.45, 2.75) is 47.3 Å². The van der Waals surface area contributed by atoms with Crippen molar-refractivity contribution in [3.05, 3.63) is 108 Å². The predicted octanol–water partition coefficient (Wildman–Crippen LogP) is 8.83. The molecule has 1 fully saturated rings. The Morgan fingerprint density at radius 3 is 1.56 bits per heavy atom. The number of hydrogen-bond donors (Lipinski definition) is 4. The lowest BCUT2D eigenvalue weighted by atomic mass is 9.65. The van der Waals surface area contributed by atoms with E-state index in [9.17, 15) is 36.2 Å². The van der Waals surface area contributed by atoms with Gasteiger partial charge in [0, 0.05) is 10.8 Å². The lowest BCUT2D eigenvalue weighted by molar-refractivity contribution is 0.346. The van der Waals surface area contributed by atoms with E-state index in [2.05, 4.69) is 32.6 Å². The third kappa shape index (κ3) is 6.82. The van der Waals surface area contributed by atoms with Gasteiger partial charge in [-0.1, -0.05) is 49.6 Å². The molecule has 0 amide bonds. The van der Waals surface area contributed by atoms with Gasteiger partial charge in [-0.15, -0.1) is 5.11 Å². The molecule has 0 atom stereocenters. The summed E-state index contributed by atoms with van der Waals surface area (Å²) in [5.74, 6) is -0.302. The van der Waals surface area contributed by atoms with Crippen LogP contribution in [0.3, 0.4) is 0 Å². The van der Waals surface area contributed by atoms with Gasteiger partial charge in [0.15, 0.2) is 0 Å². The number of aromatic hydroxyl groups is 2. The second-order valence-corrected chi connectivity index (χ2v) is 14.4. The summed E-state index contributed by atoms with van der Waals surface area (Å²) in [4.78, 5) is -1.61. The van der Waals surface area contributed by atoms with Crippen molar-refractivity contribution < 1.29 is 36.2 Å². The molecular formula is C34H30N4O8S2. The molecule has 48 heavy (non-hydrogen) atoms. The number of phenolic OH excluding ortho intramolecular Hbond substituents is 2. The Morgan fingerprint density at radius 2 is 1.06 bits per heavy atom. The fourth-order valence-corrected chi connectivity index (χ4v) is 7.53. The smallest absolute Gasteiger partial charge is 0.295 e. The molecule has 0 bridgehead atoms. The fraction of sp³-hybridized carbons (Fsp3) is 0.176. The second kappa shape index (κ2) is 12.9. The third-order valence-corrected chi connectivity index (χ3v) is 10.2. The summed E-state index contributed by atoms with van der Waals surface area (Å²) in [6.45, 7) is 0. The van der Waals surface area contributed by atoms with Crippen LogP contribution < -0.4 is 0 Å². The first-order chi connectivity index (χ1) is 22.8. The maximum absolute atomic E-state index is 12.2. The summed E-state index contributed by atoms with van der Waals surface area (Å²) in [7, 11) is -9.83. The summed E-state index contributed by atoms with van der Waals surface area (Å²) in [6, 6.07) is 25.9. The number of azo groups is 2. The minimum absolute atomic E-state index is 0.0214. The highest BCUT2D eigenvalue weighted by molar-refractivity contribution is 7.86. The van der Waals surface area contributed by atoms with Gasteiger partial charge in [-0.25, -0.2) is 0 Å². The zero-order chi connectivity index (χ0) is 34.1. The number of phenols is 2. The van der Waals surface area contributed by atoms with Gasteiger partial charge in [0.2, 0.25) is 0 Å². The van der Waals surface area contributed by atoms with E-state index >= 15 is 0 Å². The first kappa shape index (κ1) is 32.9. The monoisotopic (exact) mass is 686 g/mol. The van der Waals surface area contributed by atoms with Crippen LogP contribution in [-0.2, 0) is 25.7 Å². The van der Waals surface area contributed by atoms with Gasteiger partial charge in [0.25, 0.3) is 20.2 Å². The van der Waals surface area contributed by atoms with E-state index in [1.807, 2.05) is 24.3 Å². The van der Waals surface area contributed by atoms with E-state index in [-0.39, 0.29) is 27.6 Å². The number of benzene rings is 5. The maximum atomic E-state index is 12.2. The molecule has 0 radical (unpaired) electrons. The largest absolute Gasteiger partial charge is 0.508 e. The van der Waals surface area contributed by atoms with Crippen molar-refractivity contribution in [1.29, 1.82) is 0 Å². The Labute approximate surface area is 276 Å². The number of nitrogens with zero attached hydrogens (tertiary/aromatic N) is 4. The standard InChI is InChI=1S/C34H30N4O8S2/c39-28-15-13-27(14-16-28)36-35-25-9-5-23(6-10-25)34(18-2-1-3-19-34)24-7-11-26(12-8-24)37-38-33-30(40)17-4-22-20-29(47(41,42)43)21-31(32(22)33)48(44,45)46/h4-17,20-21,39-40H,1-3,18-19H2,(H,41,42,43)(H,44,45,46)/b36-35-,38-37?. The van der Waals surface area contributed by atoms with Gasteiger partial charge in [0.05, 0.1) is 22.0 Å². The van der Waals surface area contributed by atoms with Gasteiger partial charge in [-0.05, 0) is 96.1 Å². The van der Waals surface area contributed by atoms with Crippen LogP contribution in [0.1, 0.15) is 43.2 Å². The van der Waals surface area contributed by atoms with Crippen LogP contribution >= 0.6 is 0 Å². The average Bonchev–Trinajstić information content (AvgIpc) is 3.07. The summed E-state index contributed by atoms with van der Waals surface area (Å²) in [5.41, 5.74) is 3.38. The zero-order valence-electron chi connectivity index (χ0n) is 25.3. The van der Waals surface area contributed by atoms with Crippen LogP contribution in [0, 0.1) is 0 Å². The molecule has 5 aromatic carbocycles. The van der Waals surface area contributed by atoms with E-state index in [0.29, 0.717) is 23.1 Å². The SMILES string of the molecule is O=S(=O)(O)c1cc(S(=O)(=O)O)c2c(N=Nc3ccc(C4(c5ccc(/N=N\c6ccc(O)cc6)cc5)CCCCC4)cc3)c(O)ccc2c1. The van der Waals surface area contributed by atoms with E-state index in [0.717, 1.165) is 49.3 Å². The highest BCUT2D eigenvalue weighted by Crippen LogP contribution is 2.46. The van der Waals surface area contributed by atoms with Crippen LogP contribution in [0.5, 0.6) is 11.5 Å². The normalized spacial score (nSPS) is 15.4. The van der Waals surface area contributed by atoms with Crippen LogP contribution in [0.2, 0.25) is 0 Å². The minimum atomic E-state index is -5.01. The molecule has 12 nitrogen and oxygen atoms in total. The molecule has 1 saturated carbocycles. The quantitative estimate of drug-likeness (QED) is 0.0916. The Balaban J connectivity index is 1.31. The molecule has 0 heterocycles. The van der Waals surface area contributed by atoms with Crippen LogP contribution in [0.4, 0.5) is 22.7 Å². The van der Waals surface area contributed by atoms with Crippen molar-refractivity contribution in [3.8, 4) is 11.5 Å². The molecule has 0 aromatic heterocycles. The lowest BCUT2D eigenvalue weighted by Gasteiger charge is -2.38. The number of rotatable bonds is 8. The van der Waals surface area contributed by atoms with Crippen LogP contribution in [0.15, 0.2) is 127 Å². The fourth-order valence-electron chi connectivity index (χ4n) is 6.16. The molecule has 14 heteroatoms. The Kier molecular flexibility index (Phi) is 8.83. The van der Waals surface area contributed by atoms with E-state index in [1.54, 1.807) is 36.4 Å².